The van der Waals surface area contributed by atoms with Gasteiger partial charge in [0.15, 0.2) is 0 Å². The summed E-state index contributed by atoms with van der Waals surface area (Å²) in [6, 6.07) is 13.2. The Morgan fingerprint density at radius 2 is 1.88 bits per heavy atom. The molecule has 0 saturated carbocycles. The highest BCUT2D eigenvalue weighted by atomic mass is 32.2. The third kappa shape index (κ3) is 4.27. The van der Waals surface area contributed by atoms with Crippen LogP contribution in [-0.2, 0) is 20.6 Å². The molecule has 3 rings (SSSR count). The van der Waals surface area contributed by atoms with Gasteiger partial charge in [-0.25, -0.2) is 13.1 Å². The van der Waals surface area contributed by atoms with Crippen molar-refractivity contribution in [1.82, 2.24) is 4.72 Å². The van der Waals surface area contributed by atoms with Crippen LogP contribution < -0.4 is 10.0 Å². The highest BCUT2D eigenvalue weighted by Gasteiger charge is 2.26. The molecule has 2 N–H and O–H groups in total. The maximum atomic E-state index is 12.4. The van der Waals surface area contributed by atoms with Crippen LogP contribution in [0.2, 0.25) is 0 Å². The number of carbonyl (C=O) groups excluding carboxylic acids is 1. The number of carbonyl (C=O) groups is 1. The Balaban J connectivity index is 1.70. The molecule has 0 aliphatic carbocycles. The topological polar surface area (TPSA) is 75.3 Å². The number of nitrogens with one attached hydrogen (secondary N) is 2. The second-order valence-corrected chi connectivity index (χ2v) is 8.37. The molecule has 0 bridgehead atoms. The van der Waals surface area contributed by atoms with Gasteiger partial charge in [0.25, 0.3) is 0 Å². The third-order valence-electron chi connectivity index (χ3n) is 4.58. The fraction of sp³-hybridized carbons (Fsp3) is 0.316. The summed E-state index contributed by atoms with van der Waals surface area (Å²) >= 11 is 0. The van der Waals surface area contributed by atoms with E-state index < -0.39 is 10.0 Å². The van der Waals surface area contributed by atoms with Crippen molar-refractivity contribution >= 4 is 21.6 Å². The molecule has 132 valence electrons. The van der Waals surface area contributed by atoms with Crippen molar-refractivity contribution in [3.05, 3.63) is 64.7 Å². The summed E-state index contributed by atoms with van der Waals surface area (Å²) in [7, 11) is -3.47. The van der Waals surface area contributed by atoms with Crippen LogP contribution in [0.15, 0.2) is 42.5 Å². The van der Waals surface area contributed by atoms with Crippen LogP contribution in [0.1, 0.15) is 34.6 Å². The Hall–Kier alpha value is -2.18. The number of amides is 1. The van der Waals surface area contributed by atoms with E-state index in [9.17, 15) is 13.2 Å². The molecule has 2 aromatic rings. The first-order valence-corrected chi connectivity index (χ1v) is 9.91. The third-order valence-corrected chi connectivity index (χ3v) is 5.90. The highest BCUT2D eigenvalue weighted by Crippen LogP contribution is 2.31. The van der Waals surface area contributed by atoms with Gasteiger partial charge in [0.2, 0.25) is 15.9 Å². The number of rotatable bonds is 5. The van der Waals surface area contributed by atoms with E-state index in [1.165, 1.54) is 0 Å². The van der Waals surface area contributed by atoms with Crippen LogP contribution in [0, 0.1) is 13.8 Å². The minimum Gasteiger partial charge on any atom is -0.326 e. The van der Waals surface area contributed by atoms with Gasteiger partial charge in [0.05, 0.1) is 5.75 Å². The normalized spacial score (nSPS) is 17.0. The first-order valence-electron chi connectivity index (χ1n) is 8.26. The highest BCUT2D eigenvalue weighted by molar-refractivity contribution is 7.88. The quantitative estimate of drug-likeness (QED) is 0.863. The fourth-order valence-corrected chi connectivity index (χ4v) is 4.25. The lowest BCUT2D eigenvalue weighted by atomic mass is 9.91. The Kier molecular flexibility index (Phi) is 4.92. The summed E-state index contributed by atoms with van der Waals surface area (Å²) in [4.78, 5) is 11.8. The second kappa shape index (κ2) is 6.98. The minimum absolute atomic E-state index is 0.0608. The standard InChI is InChI=1S/C19H22N2O3S/c1-13-7-8-15(9-14(13)2)12-25(23,24)20-11-16-10-19(22)21-18-6-4-3-5-17(16)18/h3-9,16,20H,10-12H2,1-2H3,(H,21,22). The Bertz CT molecular complexity index is 907. The summed E-state index contributed by atoms with van der Waals surface area (Å²) in [5.41, 5.74) is 4.70. The van der Waals surface area contributed by atoms with E-state index in [1.54, 1.807) is 0 Å². The second-order valence-electron chi connectivity index (χ2n) is 6.56. The number of hydrogen-bond donors (Lipinski definition) is 2. The van der Waals surface area contributed by atoms with E-state index >= 15 is 0 Å². The summed E-state index contributed by atoms with van der Waals surface area (Å²) in [5.74, 6) is -0.300. The molecule has 2 aromatic carbocycles. The molecule has 0 aromatic heterocycles. The van der Waals surface area contributed by atoms with Crippen molar-refractivity contribution in [2.45, 2.75) is 31.9 Å². The molecule has 1 aliphatic heterocycles. The van der Waals surface area contributed by atoms with Crippen molar-refractivity contribution in [3.63, 3.8) is 0 Å². The number of aryl methyl sites for hydroxylation is 2. The number of anilines is 1. The van der Waals surface area contributed by atoms with E-state index in [0.29, 0.717) is 0 Å². The zero-order chi connectivity index (χ0) is 18.0. The Labute approximate surface area is 148 Å². The average Bonchev–Trinajstić information content (AvgIpc) is 2.56. The van der Waals surface area contributed by atoms with Crippen LogP contribution >= 0.6 is 0 Å². The number of benzene rings is 2. The van der Waals surface area contributed by atoms with Gasteiger partial charge in [0.1, 0.15) is 0 Å². The van der Waals surface area contributed by atoms with Gasteiger partial charge in [-0.05, 0) is 42.2 Å². The predicted octanol–water partition coefficient (Wildman–Crippen LogP) is 2.85. The smallest absolute Gasteiger partial charge is 0.225 e. The lowest BCUT2D eigenvalue weighted by molar-refractivity contribution is -0.116. The molecule has 1 heterocycles. The maximum absolute atomic E-state index is 12.4. The fourth-order valence-electron chi connectivity index (χ4n) is 3.08. The van der Waals surface area contributed by atoms with Crippen molar-refractivity contribution < 1.29 is 13.2 Å². The predicted molar refractivity (Wildman–Crippen MR) is 99.0 cm³/mol. The maximum Gasteiger partial charge on any atom is 0.225 e. The molecule has 1 atom stereocenters. The van der Waals surface area contributed by atoms with Gasteiger partial charge < -0.3 is 5.32 Å². The zero-order valence-electron chi connectivity index (χ0n) is 14.4. The first-order chi connectivity index (χ1) is 11.8. The number of sulfonamides is 1. The van der Waals surface area contributed by atoms with Crippen LogP contribution in [0.4, 0.5) is 5.69 Å². The van der Waals surface area contributed by atoms with Crippen LogP contribution in [0.25, 0.3) is 0 Å². The molecule has 0 fully saturated rings. The Morgan fingerprint density at radius 1 is 1.12 bits per heavy atom. The minimum atomic E-state index is -3.47. The summed E-state index contributed by atoms with van der Waals surface area (Å²) in [6.07, 6.45) is 0.281. The van der Waals surface area contributed by atoms with Gasteiger partial charge >= 0.3 is 0 Å². The number of para-hydroxylation sites is 1. The molecule has 5 nitrogen and oxygen atoms in total. The molecule has 1 aliphatic rings. The van der Waals surface area contributed by atoms with Crippen LogP contribution in [0.3, 0.4) is 0 Å². The molecular weight excluding hydrogens is 336 g/mol. The number of fused-ring (bicyclic) bond motifs is 1. The van der Waals surface area contributed by atoms with Crippen molar-refractivity contribution in [2.24, 2.45) is 0 Å². The van der Waals surface area contributed by atoms with Gasteiger partial charge in [-0.1, -0.05) is 36.4 Å². The van der Waals surface area contributed by atoms with E-state index in [0.717, 1.165) is 27.9 Å². The monoisotopic (exact) mass is 358 g/mol. The average molecular weight is 358 g/mol. The lowest BCUT2D eigenvalue weighted by Gasteiger charge is -2.25. The first kappa shape index (κ1) is 17.6. The van der Waals surface area contributed by atoms with E-state index in [2.05, 4.69) is 10.0 Å². The summed E-state index contributed by atoms with van der Waals surface area (Å²) in [5, 5.41) is 2.82. The SMILES string of the molecule is Cc1ccc(CS(=O)(=O)NCC2CC(=O)Nc3ccccc32)cc1C. The van der Waals surface area contributed by atoms with Crippen LogP contribution in [0.5, 0.6) is 0 Å². The molecular formula is C19H22N2O3S. The van der Waals surface area contributed by atoms with E-state index in [1.807, 2.05) is 56.3 Å². The summed E-state index contributed by atoms with van der Waals surface area (Å²) in [6.45, 7) is 4.19. The van der Waals surface area contributed by atoms with E-state index in [-0.39, 0.29) is 30.5 Å². The molecule has 6 heteroatoms. The molecule has 0 radical (unpaired) electrons. The van der Waals surface area contributed by atoms with Gasteiger partial charge in [-0.3, -0.25) is 4.79 Å². The van der Waals surface area contributed by atoms with Gasteiger partial charge in [-0.15, -0.1) is 0 Å². The lowest BCUT2D eigenvalue weighted by Crippen LogP contribution is -2.33. The van der Waals surface area contributed by atoms with Crippen molar-refractivity contribution in [3.8, 4) is 0 Å². The molecule has 25 heavy (non-hydrogen) atoms. The molecule has 0 saturated heterocycles. The molecule has 1 amide bonds. The van der Waals surface area contributed by atoms with Crippen molar-refractivity contribution in [2.75, 3.05) is 11.9 Å². The van der Waals surface area contributed by atoms with E-state index in [4.69, 9.17) is 0 Å². The zero-order valence-corrected chi connectivity index (χ0v) is 15.2. The van der Waals surface area contributed by atoms with Gasteiger partial charge in [-0.2, -0.15) is 0 Å². The van der Waals surface area contributed by atoms with Gasteiger partial charge in [0, 0.05) is 24.6 Å². The Morgan fingerprint density at radius 3 is 2.64 bits per heavy atom. The number of hydrogen-bond acceptors (Lipinski definition) is 3. The molecule has 0 spiro atoms. The van der Waals surface area contributed by atoms with Crippen molar-refractivity contribution in [1.29, 1.82) is 0 Å². The molecule has 1 unspecified atom stereocenters. The largest absolute Gasteiger partial charge is 0.326 e. The van der Waals surface area contributed by atoms with Crippen LogP contribution in [-0.4, -0.2) is 20.9 Å². The summed E-state index contributed by atoms with van der Waals surface area (Å²) < 4.78 is 27.5.